The second kappa shape index (κ2) is 9.05. The van der Waals surface area contributed by atoms with Crippen molar-refractivity contribution < 1.29 is 18.8 Å². The molecule has 1 aliphatic heterocycles. The van der Waals surface area contributed by atoms with E-state index < -0.39 is 0 Å². The molecule has 0 spiro atoms. The lowest BCUT2D eigenvalue weighted by molar-refractivity contribution is 0.0518. The van der Waals surface area contributed by atoms with E-state index in [9.17, 15) is 4.79 Å². The molecule has 0 unspecified atom stereocenters. The standard InChI is InChI=1S/C22H25N3O4/c1-2-11-25(14-17-8-5-12-27-17)22(26)19-13-18(29-24-19)15-28-20-9-3-6-16-7-4-10-23-21(16)20/h3-4,6-7,9-10,13,17H,2,5,8,11-12,14-15H2,1H3/t17-/m0/s1. The molecule has 1 aliphatic rings. The number of para-hydroxylation sites is 1. The third kappa shape index (κ3) is 4.56. The van der Waals surface area contributed by atoms with Crippen molar-refractivity contribution in [1.82, 2.24) is 15.0 Å². The molecule has 1 aromatic carbocycles. The molecule has 0 radical (unpaired) electrons. The van der Waals surface area contributed by atoms with Gasteiger partial charge in [0.25, 0.3) is 5.91 Å². The van der Waals surface area contributed by atoms with Gasteiger partial charge in [-0.2, -0.15) is 0 Å². The molecule has 0 N–H and O–H groups in total. The summed E-state index contributed by atoms with van der Waals surface area (Å²) >= 11 is 0. The summed E-state index contributed by atoms with van der Waals surface area (Å²) in [5.41, 5.74) is 1.09. The maximum Gasteiger partial charge on any atom is 0.276 e. The fourth-order valence-electron chi connectivity index (χ4n) is 3.57. The number of fused-ring (bicyclic) bond motifs is 1. The van der Waals surface area contributed by atoms with E-state index in [1.54, 1.807) is 17.2 Å². The average Bonchev–Trinajstić information content (AvgIpc) is 3.43. The normalized spacial score (nSPS) is 16.2. The summed E-state index contributed by atoms with van der Waals surface area (Å²) in [5, 5.41) is 4.97. The van der Waals surface area contributed by atoms with Crippen LogP contribution in [0.3, 0.4) is 0 Å². The summed E-state index contributed by atoms with van der Waals surface area (Å²) in [7, 11) is 0. The van der Waals surface area contributed by atoms with Crippen molar-refractivity contribution in [2.75, 3.05) is 19.7 Å². The van der Waals surface area contributed by atoms with Crippen LogP contribution in [0.2, 0.25) is 0 Å². The van der Waals surface area contributed by atoms with Gasteiger partial charge in [-0.1, -0.05) is 30.3 Å². The van der Waals surface area contributed by atoms with E-state index in [1.807, 2.05) is 30.3 Å². The maximum atomic E-state index is 12.9. The first-order valence-corrected chi connectivity index (χ1v) is 10.1. The van der Waals surface area contributed by atoms with Gasteiger partial charge in [-0.15, -0.1) is 0 Å². The largest absolute Gasteiger partial charge is 0.483 e. The summed E-state index contributed by atoms with van der Waals surface area (Å²) in [4.78, 5) is 19.1. The monoisotopic (exact) mass is 395 g/mol. The number of hydrogen-bond donors (Lipinski definition) is 0. The van der Waals surface area contributed by atoms with Gasteiger partial charge in [-0.25, -0.2) is 0 Å². The van der Waals surface area contributed by atoms with E-state index in [0.29, 0.717) is 30.3 Å². The van der Waals surface area contributed by atoms with Crippen LogP contribution in [0.15, 0.2) is 47.1 Å². The fraction of sp³-hybridized carbons (Fsp3) is 0.409. The molecule has 1 saturated heterocycles. The lowest BCUT2D eigenvalue weighted by atomic mass is 10.2. The van der Waals surface area contributed by atoms with Crippen molar-refractivity contribution in [2.24, 2.45) is 0 Å². The number of benzene rings is 1. The van der Waals surface area contributed by atoms with Gasteiger partial charge in [0.05, 0.1) is 6.10 Å². The Labute approximate surface area is 169 Å². The Morgan fingerprint density at radius 3 is 3.03 bits per heavy atom. The number of rotatable bonds is 8. The molecule has 0 saturated carbocycles. The van der Waals surface area contributed by atoms with Crippen LogP contribution in [0.25, 0.3) is 10.9 Å². The van der Waals surface area contributed by atoms with E-state index in [1.165, 1.54) is 0 Å². The first-order valence-electron chi connectivity index (χ1n) is 10.1. The predicted molar refractivity (Wildman–Crippen MR) is 108 cm³/mol. The summed E-state index contributed by atoms with van der Waals surface area (Å²) in [5.74, 6) is 1.03. The maximum absolute atomic E-state index is 12.9. The van der Waals surface area contributed by atoms with Crippen LogP contribution in [0.5, 0.6) is 5.75 Å². The topological polar surface area (TPSA) is 77.7 Å². The molecule has 0 aliphatic carbocycles. The zero-order valence-electron chi connectivity index (χ0n) is 16.5. The number of nitrogens with zero attached hydrogens (tertiary/aromatic N) is 3. The summed E-state index contributed by atoms with van der Waals surface area (Å²) < 4.78 is 16.9. The number of aromatic nitrogens is 2. The Kier molecular flexibility index (Phi) is 6.05. The third-order valence-electron chi connectivity index (χ3n) is 4.97. The van der Waals surface area contributed by atoms with Crippen LogP contribution in [0.1, 0.15) is 42.4 Å². The number of carbonyl (C=O) groups excluding carboxylic acids is 1. The lowest BCUT2D eigenvalue weighted by Crippen LogP contribution is -2.38. The Balaban J connectivity index is 1.42. The quantitative estimate of drug-likeness (QED) is 0.577. The Morgan fingerprint density at radius 2 is 2.21 bits per heavy atom. The molecule has 3 aromatic rings. The molecule has 2 aromatic heterocycles. The lowest BCUT2D eigenvalue weighted by Gasteiger charge is -2.24. The van der Waals surface area contributed by atoms with E-state index in [2.05, 4.69) is 17.1 Å². The van der Waals surface area contributed by atoms with Crippen molar-refractivity contribution in [1.29, 1.82) is 0 Å². The Hall–Kier alpha value is -2.93. The molecule has 7 heteroatoms. The fourth-order valence-corrected chi connectivity index (χ4v) is 3.57. The molecule has 1 atom stereocenters. The summed E-state index contributed by atoms with van der Waals surface area (Å²) in [6.45, 7) is 4.25. The van der Waals surface area contributed by atoms with Gasteiger partial charge in [-0.3, -0.25) is 9.78 Å². The minimum Gasteiger partial charge on any atom is -0.483 e. The molecule has 0 bridgehead atoms. The van der Waals surface area contributed by atoms with Gasteiger partial charge in [0.15, 0.2) is 11.5 Å². The highest BCUT2D eigenvalue weighted by Crippen LogP contribution is 2.24. The minimum atomic E-state index is -0.135. The van der Waals surface area contributed by atoms with Crippen molar-refractivity contribution in [3.63, 3.8) is 0 Å². The highest BCUT2D eigenvalue weighted by atomic mass is 16.5. The highest BCUT2D eigenvalue weighted by Gasteiger charge is 2.25. The van der Waals surface area contributed by atoms with Crippen LogP contribution in [0.4, 0.5) is 0 Å². The Bertz CT molecular complexity index is 960. The van der Waals surface area contributed by atoms with E-state index in [0.717, 1.165) is 36.8 Å². The van der Waals surface area contributed by atoms with Crippen LogP contribution >= 0.6 is 0 Å². The van der Waals surface area contributed by atoms with E-state index >= 15 is 0 Å². The van der Waals surface area contributed by atoms with Crippen LogP contribution < -0.4 is 4.74 Å². The number of carbonyl (C=O) groups is 1. The summed E-state index contributed by atoms with van der Waals surface area (Å²) in [6.07, 6.45) is 4.76. The summed E-state index contributed by atoms with van der Waals surface area (Å²) in [6, 6.07) is 11.3. The number of ether oxygens (including phenoxy) is 2. The van der Waals surface area contributed by atoms with Gasteiger partial charge in [0.2, 0.25) is 0 Å². The third-order valence-corrected chi connectivity index (χ3v) is 4.97. The van der Waals surface area contributed by atoms with Crippen LogP contribution in [-0.2, 0) is 11.3 Å². The Morgan fingerprint density at radius 1 is 1.31 bits per heavy atom. The first-order chi connectivity index (χ1) is 14.2. The average molecular weight is 395 g/mol. The van der Waals surface area contributed by atoms with Gasteiger partial charge in [0, 0.05) is 37.3 Å². The van der Waals surface area contributed by atoms with E-state index in [4.69, 9.17) is 14.0 Å². The number of pyridine rings is 1. The zero-order chi connectivity index (χ0) is 20.1. The van der Waals surface area contributed by atoms with Gasteiger partial charge >= 0.3 is 0 Å². The molecule has 1 amide bonds. The second-order valence-electron chi connectivity index (χ2n) is 7.18. The zero-order valence-corrected chi connectivity index (χ0v) is 16.5. The molecular weight excluding hydrogens is 370 g/mol. The van der Waals surface area contributed by atoms with Gasteiger partial charge in [-0.05, 0) is 31.4 Å². The van der Waals surface area contributed by atoms with Gasteiger partial charge in [0.1, 0.15) is 17.9 Å². The first kappa shape index (κ1) is 19.4. The minimum absolute atomic E-state index is 0.110. The number of amides is 1. The van der Waals surface area contributed by atoms with Crippen LogP contribution in [0, 0.1) is 0 Å². The molecule has 1 fully saturated rings. The molecule has 3 heterocycles. The molecule has 152 valence electrons. The molecular formula is C22H25N3O4. The van der Waals surface area contributed by atoms with Crippen LogP contribution in [-0.4, -0.2) is 46.7 Å². The SMILES string of the molecule is CCCN(C[C@@H]1CCCO1)C(=O)c1cc(COc2cccc3cccnc23)on1. The molecule has 7 nitrogen and oxygen atoms in total. The molecule has 29 heavy (non-hydrogen) atoms. The molecule has 4 rings (SSSR count). The number of hydrogen-bond acceptors (Lipinski definition) is 6. The van der Waals surface area contributed by atoms with Crippen molar-refractivity contribution in [3.05, 3.63) is 54.0 Å². The smallest absolute Gasteiger partial charge is 0.276 e. The highest BCUT2D eigenvalue weighted by molar-refractivity contribution is 5.92. The van der Waals surface area contributed by atoms with Crippen molar-refractivity contribution >= 4 is 16.8 Å². The van der Waals surface area contributed by atoms with Crippen molar-refractivity contribution in [3.8, 4) is 5.75 Å². The van der Waals surface area contributed by atoms with Gasteiger partial charge < -0.3 is 18.9 Å². The van der Waals surface area contributed by atoms with Crippen molar-refractivity contribution in [2.45, 2.75) is 38.9 Å². The van der Waals surface area contributed by atoms with E-state index in [-0.39, 0.29) is 18.6 Å². The predicted octanol–water partition coefficient (Wildman–Crippen LogP) is 3.83. The second-order valence-corrected chi connectivity index (χ2v) is 7.18.